The molecule has 0 radical (unpaired) electrons. The minimum atomic E-state index is -1.04. The van der Waals surface area contributed by atoms with Crippen LogP contribution in [-0.4, -0.2) is 43.9 Å². The minimum absolute atomic E-state index is 0.121. The van der Waals surface area contributed by atoms with Crippen molar-refractivity contribution in [3.8, 4) is 0 Å². The molecular weight excluding hydrogens is 340 g/mol. The maximum Gasteiger partial charge on any atom is 0.325 e. The Bertz CT molecular complexity index is 654. The topological polar surface area (TPSA) is 88.3 Å². The number of hydrogen-bond donors (Lipinski definition) is 1. The fraction of sp³-hybridized carbons (Fsp3) is 0.231. The smallest absolute Gasteiger partial charge is 0.325 e. The number of hydrogen-bond acceptors (Lipinski definition) is 4. The maximum atomic E-state index is 12.2. The average Bonchev–Trinajstić information content (AvgIpc) is 2.88. The van der Waals surface area contributed by atoms with Gasteiger partial charge in [0.2, 0.25) is 0 Å². The summed E-state index contributed by atoms with van der Waals surface area (Å²) >= 11 is 3.35. The Kier molecular flexibility index (Phi) is 4.69. The third-order valence-corrected chi connectivity index (χ3v) is 3.26. The summed E-state index contributed by atoms with van der Waals surface area (Å²) in [6.45, 7) is 0.106. The van der Waals surface area contributed by atoms with Crippen LogP contribution in [-0.2, 0) is 17.9 Å². The van der Waals surface area contributed by atoms with Gasteiger partial charge in [0.05, 0.1) is 6.20 Å². The second kappa shape index (κ2) is 6.49. The van der Waals surface area contributed by atoms with Gasteiger partial charge < -0.3 is 10.0 Å². The third-order valence-electron chi connectivity index (χ3n) is 2.73. The lowest BCUT2D eigenvalue weighted by molar-refractivity contribution is -0.137. The molecule has 1 aromatic carbocycles. The fourth-order valence-electron chi connectivity index (χ4n) is 1.74. The van der Waals surface area contributed by atoms with E-state index in [1.165, 1.54) is 11.1 Å². The lowest BCUT2D eigenvalue weighted by Gasteiger charge is -2.15. The van der Waals surface area contributed by atoms with Crippen molar-refractivity contribution in [2.75, 3.05) is 7.05 Å². The Hall–Kier alpha value is -2.22. The molecule has 0 spiro atoms. The molecule has 7 nitrogen and oxygen atoms in total. The van der Waals surface area contributed by atoms with E-state index in [1.807, 2.05) is 24.3 Å². The molecule has 110 valence electrons. The lowest BCUT2D eigenvalue weighted by Crippen LogP contribution is -2.26. The van der Waals surface area contributed by atoms with Crippen molar-refractivity contribution in [3.05, 3.63) is 46.2 Å². The number of benzene rings is 1. The first-order valence-electron chi connectivity index (χ1n) is 6.07. The van der Waals surface area contributed by atoms with Gasteiger partial charge in [-0.15, -0.1) is 5.10 Å². The lowest BCUT2D eigenvalue weighted by atomic mass is 10.2. The van der Waals surface area contributed by atoms with Crippen LogP contribution in [0.5, 0.6) is 0 Å². The van der Waals surface area contributed by atoms with Gasteiger partial charge in [0.25, 0.3) is 5.91 Å². The van der Waals surface area contributed by atoms with E-state index < -0.39 is 5.97 Å². The number of rotatable bonds is 5. The van der Waals surface area contributed by atoms with Gasteiger partial charge in [-0.2, -0.15) is 0 Å². The minimum Gasteiger partial charge on any atom is -0.480 e. The Morgan fingerprint density at radius 1 is 1.33 bits per heavy atom. The first kappa shape index (κ1) is 15.2. The molecule has 0 atom stereocenters. The average molecular weight is 353 g/mol. The summed E-state index contributed by atoms with van der Waals surface area (Å²) in [7, 11) is 1.65. The number of carbonyl (C=O) groups excluding carboxylic acids is 1. The van der Waals surface area contributed by atoms with Crippen molar-refractivity contribution in [3.63, 3.8) is 0 Å². The predicted octanol–water partition coefficient (Wildman–Crippen LogP) is 1.40. The maximum absolute atomic E-state index is 12.2. The molecule has 8 heteroatoms. The van der Waals surface area contributed by atoms with Crippen molar-refractivity contribution >= 4 is 27.8 Å². The molecule has 0 unspecified atom stereocenters. The molecule has 1 N–H and O–H groups in total. The number of carboxylic acid groups (broad SMARTS) is 1. The molecule has 0 fully saturated rings. The number of aliphatic carboxylic acids is 1. The Labute approximate surface area is 129 Å². The highest BCUT2D eigenvalue weighted by Gasteiger charge is 2.16. The SMILES string of the molecule is CN(Cc1ccc(Br)cc1)C(=O)c1cn(CC(=O)O)nn1. The van der Waals surface area contributed by atoms with Gasteiger partial charge in [-0.05, 0) is 17.7 Å². The molecule has 1 heterocycles. The molecule has 1 aromatic heterocycles. The zero-order valence-corrected chi connectivity index (χ0v) is 12.8. The van der Waals surface area contributed by atoms with Gasteiger partial charge in [0.1, 0.15) is 6.54 Å². The molecule has 0 aliphatic heterocycles. The molecule has 21 heavy (non-hydrogen) atoms. The number of amides is 1. The number of halogens is 1. The van der Waals surface area contributed by atoms with Gasteiger partial charge in [-0.1, -0.05) is 33.3 Å². The van der Waals surface area contributed by atoms with Crippen molar-refractivity contribution in [2.45, 2.75) is 13.1 Å². The van der Waals surface area contributed by atoms with Crippen LogP contribution in [0.25, 0.3) is 0 Å². The highest BCUT2D eigenvalue weighted by molar-refractivity contribution is 9.10. The quantitative estimate of drug-likeness (QED) is 0.878. The monoisotopic (exact) mass is 352 g/mol. The summed E-state index contributed by atoms with van der Waals surface area (Å²) in [5.41, 5.74) is 1.10. The van der Waals surface area contributed by atoms with Crippen LogP contribution < -0.4 is 0 Å². The summed E-state index contributed by atoms with van der Waals surface area (Å²) in [6.07, 6.45) is 1.33. The first-order valence-corrected chi connectivity index (χ1v) is 6.87. The van der Waals surface area contributed by atoms with E-state index in [1.54, 1.807) is 7.05 Å². The summed E-state index contributed by atoms with van der Waals surface area (Å²) in [4.78, 5) is 24.2. The van der Waals surface area contributed by atoms with E-state index in [0.29, 0.717) is 6.54 Å². The standard InChI is InChI=1S/C13H13BrN4O3/c1-17(6-9-2-4-10(14)5-3-9)13(21)11-7-18(16-15-11)8-12(19)20/h2-5,7H,6,8H2,1H3,(H,19,20). The van der Waals surface area contributed by atoms with Gasteiger partial charge in [0.15, 0.2) is 5.69 Å². The van der Waals surface area contributed by atoms with Gasteiger partial charge in [0, 0.05) is 18.1 Å². The molecule has 0 bridgehead atoms. The molecule has 2 rings (SSSR count). The van der Waals surface area contributed by atoms with Crippen molar-refractivity contribution < 1.29 is 14.7 Å². The number of carboxylic acids is 1. The largest absolute Gasteiger partial charge is 0.480 e. The van der Waals surface area contributed by atoms with Crippen LogP contribution in [0.1, 0.15) is 16.1 Å². The van der Waals surface area contributed by atoms with Crippen LogP contribution in [0.15, 0.2) is 34.9 Å². The predicted molar refractivity (Wildman–Crippen MR) is 77.6 cm³/mol. The van der Waals surface area contributed by atoms with E-state index in [2.05, 4.69) is 26.2 Å². The van der Waals surface area contributed by atoms with E-state index in [0.717, 1.165) is 14.7 Å². The van der Waals surface area contributed by atoms with Crippen LogP contribution in [0.4, 0.5) is 0 Å². The summed E-state index contributed by atoms with van der Waals surface area (Å²) in [5.74, 6) is -1.35. The molecule has 2 aromatic rings. The van der Waals surface area contributed by atoms with E-state index in [9.17, 15) is 9.59 Å². The van der Waals surface area contributed by atoms with Crippen LogP contribution in [0, 0.1) is 0 Å². The van der Waals surface area contributed by atoms with Crippen LogP contribution in [0.2, 0.25) is 0 Å². The highest BCUT2D eigenvalue weighted by Crippen LogP contribution is 2.12. The van der Waals surface area contributed by atoms with E-state index in [4.69, 9.17) is 5.11 Å². The van der Waals surface area contributed by atoms with Crippen molar-refractivity contribution in [1.29, 1.82) is 0 Å². The molecule has 0 aliphatic rings. The number of nitrogens with zero attached hydrogens (tertiary/aromatic N) is 4. The molecule has 0 saturated heterocycles. The Balaban J connectivity index is 2.03. The van der Waals surface area contributed by atoms with Gasteiger partial charge in [-0.25, -0.2) is 4.68 Å². The summed E-state index contributed by atoms with van der Waals surface area (Å²) in [5, 5.41) is 16.0. The highest BCUT2D eigenvalue weighted by atomic mass is 79.9. The number of carbonyl (C=O) groups is 2. The molecule has 0 aliphatic carbocycles. The van der Waals surface area contributed by atoms with E-state index in [-0.39, 0.29) is 18.1 Å². The zero-order chi connectivity index (χ0) is 15.4. The molecular formula is C13H13BrN4O3. The zero-order valence-electron chi connectivity index (χ0n) is 11.2. The van der Waals surface area contributed by atoms with Crippen LogP contribution >= 0.6 is 15.9 Å². The van der Waals surface area contributed by atoms with E-state index >= 15 is 0 Å². The van der Waals surface area contributed by atoms with Crippen LogP contribution in [0.3, 0.4) is 0 Å². The van der Waals surface area contributed by atoms with Crippen molar-refractivity contribution in [1.82, 2.24) is 19.9 Å². The third kappa shape index (κ3) is 4.12. The fourth-order valence-corrected chi connectivity index (χ4v) is 2.01. The second-order valence-corrected chi connectivity index (χ2v) is 5.40. The first-order chi connectivity index (χ1) is 9.95. The Morgan fingerprint density at radius 3 is 2.62 bits per heavy atom. The molecule has 1 amide bonds. The van der Waals surface area contributed by atoms with Crippen molar-refractivity contribution in [2.24, 2.45) is 0 Å². The molecule has 0 saturated carbocycles. The normalized spacial score (nSPS) is 10.4. The Morgan fingerprint density at radius 2 is 2.00 bits per heavy atom. The summed E-state index contributed by atoms with van der Waals surface area (Å²) < 4.78 is 2.08. The summed E-state index contributed by atoms with van der Waals surface area (Å²) in [6, 6.07) is 7.62. The number of aromatic nitrogens is 3. The van der Waals surface area contributed by atoms with Gasteiger partial charge >= 0.3 is 5.97 Å². The second-order valence-electron chi connectivity index (χ2n) is 4.48. The van der Waals surface area contributed by atoms with Gasteiger partial charge in [-0.3, -0.25) is 9.59 Å².